The first-order valence-electron chi connectivity index (χ1n) is 7.56. The maximum Gasteiger partial charge on any atom is 0.119 e. The Morgan fingerprint density at radius 3 is 2.37 bits per heavy atom. The predicted molar refractivity (Wildman–Crippen MR) is 78.6 cm³/mol. The van der Waals surface area contributed by atoms with Gasteiger partial charge < -0.3 is 9.84 Å². The van der Waals surface area contributed by atoms with Crippen molar-refractivity contribution in [3.8, 4) is 5.75 Å². The van der Waals surface area contributed by atoms with Crippen molar-refractivity contribution in [2.75, 3.05) is 6.61 Å². The monoisotopic (exact) mass is 262 g/mol. The van der Waals surface area contributed by atoms with Gasteiger partial charge in [0.25, 0.3) is 0 Å². The first-order chi connectivity index (χ1) is 9.15. The summed E-state index contributed by atoms with van der Waals surface area (Å²) in [4.78, 5) is 0. The van der Waals surface area contributed by atoms with E-state index in [4.69, 9.17) is 4.74 Å². The number of hydrogen-bond acceptors (Lipinski definition) is 2. The van der Waals surface area contributed by atoms with Gasteiger partial charge in [-0.15, -0.1) is 0 Å². The second-order valence-corrected chi connectivity index (χ2v) is 6.07. The van der Waals surface area contributed by atoms with Gasteiger partial charge in [-0.05, 0) is 36.0 Å². The molecule has 2 rings (SSSR count). The Labute approximate surface area is 116 Å². The minimum absolute atomic E-state index is 0.326. The lowest BCUT2D eigenvalue weighted by atomic mass is 10.0. The van der Waals surface area contributed by atoms with E-state index in [0.717, 1.165) is 12.2 Å². The van der Waals surface area contributed by atoms with Crippen LogP contribution in [0.15, 0.2) is 24.3 Å². The normalized spacial score (nSPS) is 17.9. The van der Waals surface area contributed by atoms with Crippen molar-refractivity contribution in [1.29, 1.82) is 0 Å². The fraction of sp³-hybridized carbons (Fsp3) is 0.647. The van der Waals surface area contributed by atoms with Crippen LogP contribution in [0.4, 0.5) is 0 Å². The molecule has 0 bridgehead atoms. The molecular weight excluding hydrogens is 236 g/mol. The molecule has 0 aromatic heterocycles. The quantitative estimate of drug-likeness (QED) is 0.835. The lowest BCUT2D eigenvalue weighted by Gasteiger charge is -2.16. The van der Waals surface area contributed by atoms with Crippen molar-refractivity contribution in [3.63, 3.8) is 0 Å². The smallest absolute Gasteiger partial charge is 0.119 e. The van der Waals surface area contributed by atoms with E-state index >= 15 is 0 Å². The summed E-state index contributed by atoms with van der Waals surface area (Å²) in [7, 11) is 0. The molecule has 0 saturated heterocycles. The Morgan fingerprint density at radius 2 is 1.79 bits per heavy atom. The van der Waals surface area contributed by atoms with E-state index in [-0.39, 0.29) is 6.10 Å². The number of rotatable bonds is 6. The van der Waals surface area contributed by atoms with Crippen molar-refractivity contribution in [2.45, 2.75) is 58.0 Å². The van der Waals surface area contributed by atoms with Crippen LogP contribution in [0.3, 0.4) is 0 Å². The highest BCUT2D eigenvalue weighted by molar-refractivity contribution is 5.28. The minimum Gasteiger partial charge on any atom is -0.491 e. The number of hydrogen-bond donors (Lipinski definition) is 1. The molecule has 0 spiro atoms. The zero-order chi connectivity index (χ0) is 13.7. The Kier molecular flexibility index (Phi) is 5.26. The molecule has 0 heterocycles. The van der Waals surface area contributed by atoms with E-state index in [9.17, 15) is 5.11 Å². The Morgan fingerprint density at radius 1 is 1.16 bits per heavy atom. The average Bonchev–Trinajstić information content (AvgIpc) is 2.89. The summed E-state index contributed by atoms with van der Waals surface area (Å²) in [6, 6.07) is 8.20. The van der Waals surface area contributed by atoms with Crippen LogP contribution in [0, 0.1) is 5.92 Å². The second kappa shape index (κ2) is 6.95. The summed E-state index contributed by atoms with van der Waals surface area (Å²) in [6.07, 6.45) is 5.78. The van der Waals surface area contributed by atoms with E-state index < -0.39 is 0 Å². The number of aliphatic hydroxyl groups excluding tert-OH is 1. The summed E-state index contributed by atoms with van der Waals surface area (Å²) in [5.74, 6) is 2.11. The van der Waals surface area contributed by atoms with Crippen LogP contribution < -0.4 is 4.74 Å². The van der Waals surface area contributed by atoms with Crippen LogP contribution >= 0.6 is 0 Å². The zero-order valence-electron chi connectivity index (χ0n) is 12.1. The van der Waals surface area contributed by atoms with Gasteiger partial charge in [-0.1, -0.05) is 51.7 Å². The van der Waals surface area contributed by atoms with Crippen LogP contribution in [0.2, 0.25) is 0 Å². The molecule has 1 atom stereocenters. The van der Waals surface area contributed by atoms with Gasteiger partial charge in [0.1, 0.15) is 12.4 Å². The highest BCUT2D eigenvalue weighted by Gasteiger charge is 2.19. The Balaban J connectivity index is 1.74. The summed E-state index contributed by atoms with van der Waals surface area (Å²) < 4.78 is 5.66. The number of benzene rings is 1. The molecule has 1 saturated carbocycles. The van der Waals surface area contributed by atoms with Gasteiger partial charge in [-0.2, -0.15) is 0 Å². The van der Waals surface area contributed by atoms with Crippen LogP contribution in [0.25, 0.3) is 0 Å². The van der Waals surface area contributed by atoms with E-state index in [1.807, 2.05) is 12.1 Å². The number of aliphatic hydroxyl groups is 1. The van der Waals surface area contributed by atoms with Crippen molar-refractivity contribution in [1.82, 2.24) is 0 Å². The highest BCUT2D eigenvalue weighted by Crippen LogP contribution is 2.28. The molecule has 1 aliphatic rings. The third-order valence-corrected chi connectivity index (χ3v) is 4.07. The van der Waals surface area contributed by atoms with Gasteiger partial charge in [-0.25, -0.2) is 0 Å². The first kappa shape index (κ1) is 14.4. The van der Waals surface area contributed by atoms with Gasteiger partial charge in [0.2, 0.25) is 0 Å². The molecule has 2 heteroatoms. The van der Waals surface area contributed by atoms with Crippen molar-refractivity contribution < 1.29 is 9.84 Å². The van der Waals surface area contributed by atoms with Gasteiger partial charge in [0.05, 0.1) is 6.10 Å². The predicted octanol–water partition coefficient (Wildman–Crippen LogP) is 4.13. The van der Waals surface area contributed by atoms with E-state index in [1.54, 1.807) is 0 Å². The van der Waals surface area contributed by atoms with Crippen molar-refractivity contribution in [2.24, 2.45) is 5.92 Å². The third-order valence-electron chi connectivity index (χ3n) is 4.07. The molecule has 2 nitrogen and oxygen atoms in total. The van der Waals surface area contributed by atoms with Crippen molar-refractivity contribution >= 4 is 0 Å². The lowest BCUT2D eigenvalue weighted by molar-refractivity contribution is 0.0855. The lowest BCUT2D eigenvalue weighted by Crippen LogP contribution is -2.20. The van der Waals surface area contributed by atoms with Crippen LogP contribution in [-0.2, 0) is 0 Å². The molecule has 1 unspecified atom stereocenters. The average molecular weight is 262 g/mol. The zero-order valence-corrected chi connectivity index (χ0v) is 12.1. The van der Waals surface area contributed by atoms with Crippen molar-refractivity contribution in [3.05, 3.63) is 29.8 Å². The summed E-state index contributed by atoms with van der Waals surface area (Å²) in [6.45, 7) is 4.78. The molecule has 0 amide bonds. The Bertz CT molecular complexity index is 363. The molecule has 1 aromatic rings. The van der Waals surface area contributed by atoms with Gasteiger partial charge in [0.15, 0.2) is 0 Å². The van der Waals surface area contributed by atoms with Crippen LogP contribution in [0.1, 0.15) is 57.4 Å². The molecule has 19 heavy (non-hydrogen) atoms. The fourth-order valence-electron chi connectivity index (χ4n) is 2.84. The standard InChI is InChI=1S/C17H26O2/c1-13(2)15-7-9-17(10-8-15)19-12-16(18)11-14-5-3-4-6-14/h7-10,13-14,16,18H,3-6,11-12H2,1-2H3. The summed E-state index contributed by atoms with van der Waals surface area (Å²) in [5, 5.41) is 9.99. The Hall–Kier alpha value is -1.02. The summed E-state index contributed by atoms with van der Waals surface area (Å²) >= 11 is 0. The van der Waals surface area contributed by atoms with Crippen LogP contribution in [0.5, 0.6) is 5.75 Å². The van der Waals surface area contributed by atoms with E-state index in [0.29, 0.717) is 18.4 Å². The molecule has 1 aliphatic carbocycles. The topological polar surface area (TPSA) is 29.5 Å². The summed E-state index contributed by atoms with van der Waals surface area (Å²) in [5.41, 5.74) is 1.32. The molecular formula is C17H26O2. The molecule has 1 aromatic carbocycles. The SMILES string of the molecule is CC(C)c1ccc(OCC(O)CC2CCCC2)cc1. The molecule has 0 radical (unpaired) electrons. The fourth-order valence-corrected chi connectivity index (χ4v) is 2.84. The van der Waals surface area contributed by atoms with E-state index in [1.165, 1.54) is 31.2 Å². The minimum atomic E-state index is -0.326. The maximum absolute atomic E-state index is 9.99. The maximum atomic E-state index is 9.99. The largest absolute Gasteiger partial charge is 0.491 e. The molecule has 1 fully saturated rings. The molecule has 106 valence electrons. The third kappa shape index (κ3) is 4.54. The van der Waals surface area contributed by atoms with Gasteiger partial charge >= 0.3 is 0 Å². The first-order valence-corrected chi connectivity index (χ1v) is 7.56. The van der Waals surface area contributed by atoms with Gasteiger partial charge in [-0.3, -0.25) is 0 Å². The molecule has 0 aliphatic heterocycles. The molecule has 1 N–H and O–H groups in total. The van der Waals surface area contributed by atoms with E-state index in [2.05, 4.69) is 26.0 Å². The number of ether oxygens (including phenoxy) is 1. The second-order valence-electron chi connectivity index (χ2n) is 6.07. The highest BCUT2D eigenvalue weighted by atomic mass is 16.5. The van der Waals surface area contributed by atoms with Crippen LogP contribution in [-0.4, -0.2) is 17.8 Å². The van der Waals surface area contributed by atoms with Gasteiger partial charge in [0, 0.05) is 0 Å².